The number of hydrogen-bond donors (Lipinski definition) is 2. The summed E-state index contributed by atoms with van der Waals surface area (Å²) >= 11 is 0. The molecule has 1 aliphatic heterocycles. The van der Waals surface area contributed by atoms with E-state index in [1.807, 2.05) is 0 Å². The lowest BCUT2D eigenvalue weighted by molar-refractivity contribution is -0.124. The number of carbonyl (C=O) groups is 3. The van der Waals surface area contributed by atoms with E-state index in [9.17, 15) is 18.8 Å². The highest BCUT2D eigenvalue weighted by Crippen LogP contribution is 2.24. The molecule has 8 nitrogen and oxygen atoms in total. The first kappa shape index (κ1) is 25.2. The summed E-state index contributed by atoms with van der Waals surface area (Å²) in [7, 11) is 3.05. The van der Waals surface area contributed by atoms with Crippen LogP contribution in [0.2, 0.25) is 0 Å². The maximum Gasteiger partial charge on any atom is 0.256 e. The standard InChI is InChI=1S/C25H30FN3O5/c1-33-15-12-27-24(31)22(28-23(30)18-6-5-7-19(16-18)34-2)17-10-13-29(14-11-17)25(32)20-8-3-4-9-21(20)26/h3-9,16-17,22H,10-15H2,1-2H3,(H,27,31)(H,28,30)/t22-/m1/s1. The molecule has 3 rings (SSSR count). The summed E-state index contributed by atoms with van der Waals surface area (Å²) in [6, 6.07) is 11.8. The zero-order valence-corrected chi connectivity index (χ0v) is 19.4. The van der Waals surface area contributed by atoms with Gasteiger partial charge in [-0.25, -0.2) is 4.39 Å². The van der Waals surface area contributed by atoms with Crippen LogP contribution in [0.15, 0.2) is 48.5 Å². The summed E-state index contributed by atoms with van der Waals surface area (Å²) in [5.41, 5.74) is 0.405. The fourth-order valence-corrected chi connectivity index (χ4v) is 4.01. The van der Waals surface area contributed by atoms with Gasteiger partial charge in [-0.2, -0.15) is 0 Å². The highest BCUT2D eigenvalue weighted by molar-refractivity contribution is 5.98. The fraction of sp³-hybridized carbons (Fsp3) is 0.400. The van der Waals surface area contributed by atoms with E-state index in [1.165, 1.54) is 32.4 Å². The summed E-state index contributed by atoms with van der Waals surface area (Å²) in [5.74, 6) is -1.30. The van der Waals surface area contributed by atoms with Crippen molar-refractivity contribution in [1.82, 2.24) is 15.5 Å². The molecule has 1 atom stereocenters. The number of carbonyl (C=O) groups excluding carboxylic acids is 3. The highest BCUT2D eigenvalue weighted by Gasteiger charge is 2.34. The molecular formula is C25H30FN3O5. The van der Waals surface area contributed by atoms with E-state index >= 15 is 0 Å². The molecule has 0 aliphatic carbocycles. The monoisotopic (exact) mass is 471 g/mol. The number of likely N-dealkylation sites (tertiary alicyclic amines) is 1. The molecule has 1 saturated heterocycles. The van der Waals surface area contributed by atoms with Crippen molar-refractivity contribution in [1.29, 1.82) is 0 Å². The van der Waals surface area contributed by atoms with Gasteiger partial charge < -0.3 is 25.0 Å². The first-order valence-corrected chi connectivity index (χ1v) is 11.2. The predicted octanol–water partition coefficient (Wildman–Crippen LogP) is 2.25. The molecule has 1 fully saturated rings. The lowest BCUT2D eigenvalue weighted by Crippen LogP contribution is -2.54. The number of amides is 3. The summed E-state index contributed by atoms with van der Waals surface area (Å²) in [5, 5.41) is 5.65. The molecule has 1 heterocycles. The smallest absolute Gasteiger partial charge is 0.256 e. The summed E-state index contributed by atoms with van der Waals surface area (Å²) in [6.07, 6.45) is 0.974. The second-order valence-electron chi connectivity index (χ2n) is 8.08. The second kappa shape index (κ2) is 12.1. The lowest BCUT2D eigenvalue weighted by atomic mass is 9.88. The minimum atomic E-state index is -0.790. The number of rotatable bonds is 9. The zero-order chi connectivity index (χ0) is 24.5. The normalized spacial score (nSPS) is 14.9. The van der Waals surface area contributed by atoms with Crippen LogP contribution in [-0.2, 0) is 9.53 Å². The third kappa shape index (κ3) is 6.32. The van der Waals surface area contributed by atoms with Crippen molar-refractivity contribution >= 4 is 17.7 Å². The number of methoxy groups -OCH3 is 2. The molecule has 0 spiro atoms. The van der Waals surface area contributed by atoms with E-state index in [0.29, 0.717) is 50.4 Å². The summed E-state index contributed by atoms with van der Waals surface area (Å²) in [4.78, 5) is 40.2. The Morgan fingerprint density at radius 1 is 1.09 bits per heavy atom. The maximum atomic E-state index is 14.0. The van der Waals surface area contributed by atoms with Gasteiger partial charge >= 0.3 is 0 Å². The van der Waals surface area contributed by atoms with Crippen LogP contribution in [-0.4, -0.2) is 69.1 Å². The molecule has 0 unspecified atom stereocenters. The topological polar surface area (TPSA) is 97.0 Å². The van der Waals surface area contributed by atoms with Crippen LogP contribution >= 0.6 is 0 Å². The molecule has 2 aromatic carbocycles. The van der Waals surface area contributed by atoms with Crippen molar-refractivity contribution in [2.45, 2.75) is 18.9 Å². The average molecular weight is 472 g/mol. The van der Waals surface area contributed by atoms with Gasteiger partial charge in [0.2, 0.25) is 5.91 Å². The molecule has 0 radical (unpaired) electrons. The Morgan fingerprint density at radius 2 is 1.82 bits per heavy atom. The Balaban J connectivity index is 1.69. The van der Waals surface area contributed by atoms with Gasteiger partial charge in [-0.15, -0.1) is 0 Å². The van der Waals surface area contributed by atoms with Crippen LogP contribution in [0.1, 0.15) is 33.6 Å². The summed E-state index contributed by atoms with van der Waals surface area (Å²) in [6.45, 7) is 1.37. The molecule has 2 aromatic rings. The van der Waals surface area contributed by atoms with Crippen molar-refractivity contribution in [3.8, 4) is 5.75 Å². The number of piperidine rings is 1. The third-order valence-electron chi connectivity index (χ3n) is 5.91. The lowest BCUT2D eigenvalue weighted by Gasteiger charge is -2.36. The Labute approximate surface area is 198 Å². The Bertz CT molecular complexity index is 1010. The Morgan fingerprint density at radius 3 is 2.50 bits per heavy atom. The largest absolute Gasteiger partial charge is 0.497 e. The van der Waals surface area contributed by atoms with Crippen LogP contribution in [0.25, 0.3) is 0 Å². The van der Waals surface area contributed by atoms with E-state index in [-0.39, 0.29) is 23.3 Å². The number of hydrogen-bond acceptors (Lipinski definition) is 5. The highest BCUT2D eigenvalue weighted by atomic mass is 19.1. The molecule has 1 aliphatic rings. The van der Waals surface area contributed by atoms with Crippen molar-refractivity contribution in [3.63, 3.8) is 0 Å². The first-order valence-electron chi connectivity index (χ1n) is 11.2. The number of ether oxygens (including phenoxy) is 2. The van der Waals surface area contributed by atoms with Crippen molar-refractivity contribution in [2.24, 2.45) is 5.92 Å². The molecule has 34 heavy (non-hydrogen) atoms. The van der Waals surface area contributed by atoms with E-state index < -0.39 is 17.8 Å². The molecule has 182 valence electrons. The third-order valence-corrected chi connectivity index (χ3v) is 5.91. The molecule has 2 N–H and O–H groups in total. The molecule has 0 saturated carbocycles. The van der Waals surface area contributed by atoms with Crippen LogP contribution < -0.4 is 15.4 Å². The van der Waals surface area contributed by atoms with Gasteiger partial charge in [0, 0.05) is 32.3 Å². The van der Waals surface area contributed by atoms with Crippen LogP contribution in [0.5, 0.6) is 5.75 Å². The Hall–Kier alpha value is -3.46. The van der Waals surface area contributed by atoms with Crippen LogP contribution in [0.3, 0.4) is 0 Å². The zero-order valence-electron chi connectivity index (χ0n) is 19.4. The molecule has 0 aromatic heterocycles. The quantitative estimate of drug-likeness (QED) is 0.547. The van der Waals surface area contributed by atoms with E-state index in [0.717, 1.165) is 0 Å². The van der Waals surface area contributed by atoms with Crippen molar-refractivity contribution in [2.75, 3.05) is 40.5 Å². The van der Waals surface area contributed by atoms with E-state index in [1.54, 1.807) is 35.2 Å². The number of benzene rings is 2. The van der Waals surface area contributed by atoms with Gasteiger partial charge in [0.25, 0.3) is 11.8 Å². The van der Waals surface area contributed by atoms with Gasteiger partial charge in [0.1, 0.15) is 17.6 Å². The van der Waals surface area contributed by atoms with Gasteiger partial charge in [-0.1, -0.05) is 18.2 Å². The predicted molar refractivity (Wildman–Crippen MR) is 124 cm³/mol. The minimum Gasteiger partial charge on any atom is -0.497 e. The van der Waals surface area contributed by atoms with Gasteiger partial charge in [0.05, 0.1) is 19.3 Å². The molecule has 0 bridgehead atoms. The number of nitrogens with zero attached hydrogens (tertiary/aromatic N) is 1. The van der Waals surface area contributed by atoms with Gasteiger partial charge in [-0.3, -0.25) is 14.4 Å². The van der Waals surface area contributed by atoms with E-state index in [2.05, 4.69) is 10.6 Å². The maximum absolute atomic E-state index is 14.0. The molecule has 3 amide bonds. The number of halogens is 1. The Kier molecular flexibility index (Phi) is 8.98. The number of nitrogens with one attached hydrogen (secondary N) is 2. The van der Waals surface area contributed by atoms with Crippen LogP contribution in [0, 0.1) is 11.7 Å². The first-order chi connectivity index (χ1) is 16.4. The van der Waals surface area contributed by atoms with Gasteiger partial charge in [-0.05, 0) is 49.1 Å². The van der Waals surface area contributed by atoms with Crippen molar-refractivity contribution in [3.05, 3.63) is 65.5 Å². The average Bonchev–Trinajstić information content (AvgIpc) is 2.87. The minimum absolute atomic E-state index is 0.0288. The second-order valence-corrected chi connectivity index (χ2v) is 8.08. The fourth-order valence-electron chi connectivity index (χ4n) is 4.01. The van der Waals surface area contributed by atoms with Crippen molar-refractivity contribution < 1.29 is 28.2 Å². The molecular weight excluding hydrogens is 441 g/mol. The van der Waals surface area contributed by atoms with Gasteiger partial charge in [0.15, 0.2) is 0 Å². The summed E-state index contributed by atoms with van der Waals surface area (Å²) < 4.78 is 24.2. The van der Waals surface area contributed by atoms with Crippen LogP contribution in [0.4, 0.5) is 4.39 Å². The molecule has 9 heteroatoms. The van der Waals surface area contributed by atoms with E-state index in [4.69, 9.17) is 9.47 Å². The SMILES string of the molecule is COCCNC(=O)[C@H](NC(=O)c1cccc(OC)c1)C1CCN(C(=O)c2ccccc2F)CC1.